The van der Waals surface area contributed by atoms with Crippen molar-refractivity contribution in [3.63, 3.8) is 0 Å². The third-order valence-electron chi connectivity index (χ3n) is 2.84. The van der Waals surface area contributed by atoms with E-state index in [1.165, 1.54) is 23.1 Å². The molecule has 0 unspecified atom stereocenters. The molecule has 1 N–H and O–H groups in total. The van der Waals surface area contributed by atoms with Crippen LogP contribution in [0.25, 0.3) is 0 Å². The molecule has 0 atom stereocenters. The van der Waals surface area contributed by atoms with Gasteiger partial charge in [-0.15, -0.1) is 0 Å². The third kappa shape index (κ3) is 4.64. The fourth-order valence-electron chi connectivity index (χ4n) is 1.66. The minimum absolute atomic E-state index is 0.0119. The number of nitrogens with zero attached hydrogens (tertiary/aromatic N) is 1. The third-order valence-corrected chi connectivity index (χ3v) is 2.84. The SMILES string of the molecule is Cc1cc(C(=O)N(C)CC(=O)NCC(C)C)ccc1F. The van der Waals surface area contributed by atoms with Crippen molar-refractivity contribution in [1.29, 1.82) is 0 Å². The molecule has 20 heavy (non-hydrogen) atoms. The van der Waals surface area contributed by atoms with Crippen LogP contribution in [-0.2, 0) is 4.79 Å². The lowest BCUT2D eigenvalue weighted by atomic mass is 10.1. The van der Waals surface area contributed by atoms with Gasteiger partial charge < -0.3 is 10.2 Å². The molecule has 5 heteroatoms. The Bertz CT molecular complexity index is 501. The Morgan fingerprint density at radius 1 is 1.35 bits per heavy atom. The summed E-state index contributed by atoms with van der Waals surface area (Å²) >= 11 is 0. The molecular weight excluding hydrogens is 259 g/mol. The molecule has 0 saturated carbocycles. The standard InChI is InChI=1S/C15H21FN2O2/c1-10(2)8-17-14(19)9-18(4)15(20)12-5-6-13(16)11(3)7-12/h5-7,10H,8-9H2,1-4H3,(H,17,19). The maximum atomic E-state index is 13.2. The van der Waals surface area contributed by atoms with Crippen molar-refractivity contribution in [1.82, 2.24) is 10.2 Å². The van der Waals surface area contributed by atoms with E-state index in [1.807, 2.05) is 13.8 Å². The summed E-state index contributed by atoms with van der Waals surface area (Å²) in [7, 11) is 1.55. The molecule has 1 rings (SSSR count). The lowest BCUT2D eigenvalue weighted by Gasteiger charge is -2.17. The predicted octanol–water partition coefficient (Wildman–Crippen LogP) is 1.98. The highest BCUT2D eigenvalue weighted by molar-refractivity contribution is 5.96. The van der Waals surface area contributed by atoms with Crippen LogP contribution >= 0.6 is 0 Å². The quantitative estimate of drug-likeness (QED) is 0.896. The molecule has 0 heterocycles. The summed E-state index contributed by atoms with van der Waals surface area (Å²) in [6.45, 7) is 6.16. The van der Waals surface area contributed by atoms with Crippen molar-refractivity contribution in [3.8, 4) is 0 Å². The topological polar surface area (TPSA) is 49.4 Å². The van der Waals surface area contributed by atoms with Gasteiger partial charge in [0.1, 0.15) is 5.82 Å². The number of hydrogen-bond acceptors (Lipinski definition) is 2. The summed E-state index contributed by atoms with van der Waals surface area (Å²) in [4.78, 5) is 25.1. The van der Waals surface area contributed by atoms with Gasteiger partial charge in [-0.2, -0.15) is 0 Å². The molecule has 0 aliphatic rings. The average Bonchev–Trinajstić information content (AvgIpc) is 2.38. The first kappa shape index (κ1) is 16.1. The molecule has 2 amide bonds. The smallest absolute Gasteiger partial charge is 0.254 e. The van der Waals surface area contributed by atoms with Crippen LogP contribution in [0.5, 0.6) is 0 Å². The number of benzene rings is 1. The summed E-state index contributed by atoms with van der Waals surface area (Å²) in [6, 6.07) is 4.17. The second kappa shape index (κ2) is 7.03. The number of likely N-dealkylation sites (N-methyl/N-ethyl adjacent to an activating group) is 1. The largest absolute Gasteiger partial charge is 0.354 e. The monoisotopic (exact) mass is 280 g/mol. The first-order chi connectivity index (χ1) is 9.31. The lowest BCUT2D eigenvalue weighted by Crippen LogP contribution is -2.39. The molecule has 4 nitrogen and oxygen atoms in total. The molecule has 0 fully saturated rings. The molecule has 0 aliphatic heterocycles. The Balaban J connectivity index is 2.62. The highest BCUT2D eigenvalue weighted by Crippen LogP contribution is 2.10. The maximum Gasteiger partial charge on any atom is 0.254 e. The van der Waals surface area contributed by atoms with Crippen molar-refractivity contribution in [2.45, 2.75) is 20.8 Å². The van der Waals surface area contributed by atoms with E-state index in [0.717, 1.165) is 0 Å². The summed E-state index contributed by atoms with van der Waals surface area (Å²) < 4.78 is 13.2. The summed E-state index contributed by atoms with van der Waals surface area (Å²) in [5.41, 5.74) is 0.788. The van der Waals surface area contributed by atoms with Gasteiger partial charge in [-0.05, 0) is 36.6 Å². The first-order valence-corrected chi connectivity index (χ1v) is 6.59. The molecule has 0 saturated heterocycles. The molecule has 0 radical (unpaired) electrons. The molecule has 0 spiro atoms. The minimum atomic E-state index is -0.348. The van der Waals surface area contributed by atoms with E-state index in [-0.39, 0.29) is 24.2 Å². The highest BCUT2D eigenvalue weighted by Gasteiger charge is 2.15. The zero-order chi connectivity index (χ0) is 15.3. The van der Waals surface area contributed by atoms with Gasteiger partial charge in [0.25, 0.3) is 5.91 Å². The fraction of sp³-hybridized carbons (Fsp3) is 0.467. The average molecular weight is 280 g/mol. The Morgan fingerprint density at radius 2 is 2.00 bits per heavy atom. The Morgan fingerprint density at radius 3 is 2.55 bits per heavy atom. The van der Waals surface area contributed by atoms with E-state index in [1.54, 1.807) is 14.0 Å². The number of halogens is 1. The Labute approximate surface area is 119 Å². The number of carbonyl (C=O) groups is 2. The highest BCUT2D eigenvalue weighted by atomic mass is 19.1. The van der Waals surface area contributed by atoms with Crippen LogP contribution in [0.1, 0.15) is 29.8 Å². The molecule has 0 aliphatic carbocycles. The molecule has 1 aromatic rings. The van der Waals surface area contributed by atoms with Gasteiger partial charge in [0.15, 0.2) is 0 Å². The number of rotatable bonds is 5. The van der Waals surface area contributed by atoms with Gasteiger partial charge in [-0.1, -0.05) is 13.8 Å². The van der Waals surface area contributed by atoms with Crippen LogP contribution in [0.15, 0.2) is 18.2 Å². The Kier molecular flexibility index (Phi) is 5.67. The zero-order valence-corrected chi connectivity index (χ0v) is 12.4. The van der Waals surface area contributed by atoms with E-state index in [0.29, 0.717) is 23.6 Å². The zero-order valence-electron chi connectivity index (χ0n) is 12.4. The summed E-state index contributed by atoms with van der Waals surface area (Å²) in [6.07, 6.45) is 0. The molecular formula is C15H21FN2O2. The number of hydrogen-bond donors (Lipinski definition) is 1. The van der Waals surface area contributed by atoms with Crippen molar-refractivity contribution >= 4 is 11.8 Å². The van der Waals surface area contributed by atoms with Crippen LogP contribution in [0.4, 0.5) is 4.39 Å². The van der Waals surface area contributed by atoms with E-state index in [4.69, 9.17) is 0 Å². The normalized spacial score (nSPS) is 10.5. The van der Waals surface area contributed by atoms with Crippen molar-refractivity contribution in [2.75, 3.05) is 20.1 Å². The number of nitrogens with one attached hydrogen (secondary N) is 1. The van der Waals surface area contributed by atoms with Gasteiger partial charge >= 0.3 is 0 Å². The van der Waals surface area contributed by atoms with Gasteiger partial charge in [-0.3, -0.25) is 9.59 Å². The van der Waals surface area contributed by atoms with E-state index >= 15 is 0 Å². The molecule has 0 aromatic heterocycles. The second-order valence-electron chi connectivity index (χ2n) is 5.32. The van der Waals surface area contributed by atoms with E-state index in [9.17, 15) is 14.0 Å². The summed E-state index contributed by atoms with van der Waals surface area (Å²) in [5.74, 6) is -0.486. The lowest BCUT2D eigenvalue weighted by molar-refractivity contribution is -0.121. The van der Waals surface area contributed by atoms with Crippen LogP contribution in [0.3, 0.4) is 0 Å². The number of aryl methyl sites for hydroxylation is 1. The fourth-order valence-corrected chi connectivity index (χ4v) is 1.66. The van der Waals surface area contributed by atoms with Gasteiger partial charge in [0, 0.05) is 19.2 Å². The number of amides is 2. The first-order valence-electron chi connectivity index (χ1n) is 6.59. The van der Waals surface area contributed by atoms with Crippen molar-refractivity contribution in [3.05, 3.63) is 35.1 Å². The molecule has 110 valence electrons. The predicted molar refractivity (Wildman–Crippen MR) is 75.9 cm³/mol. The van der Waals surface area contributed by atoms with Gasteiger partial charge in [-0.25, -0.2) is 4.39 Å². The van der Waals surface area contributed by atoms with Gasteiger partial charge in [0.2, 0.25) is 5.91 Å². The van der Waals surface area contributed by atoms with Crippen molar-refractivity contribution < 1.29 is 14.0 Å². The molecule has 0 bridgehead atoms. The molecule has 1 aromatic carbocycles. The number of carbonyl (C=O) groups excluding carboxylic acids is 2. The minimum Gasteiger partial charge on any atom is -0.354 e. The van der Waals surface area contributed by atoms with E-state index < -0.39 is 0 Å². The van der Waals surface area contributed by atoms with Crippen LogP contribution < -0.4 is 5.32 Å². The van der Waals surface area contributed by atoms with Gasteiger partial charge in [0.05, 0.1) is 6.54 Å². The Hall–Kier alpha value is -1.91. The second-order valence-corrected chi connectivity index (χ2v) is 5.32. The van der Waals surface area contributed by atoms with Crippen LogP contribution in [-0.4, -0.2) is 36.9 Å². The van der Waals surface area contributed by atoms with Crippen LogP contribution in [0, 0.1) is 18.7 Å². The summed E-state index contributed by atoms with van der Waals surface area (Å²) in [5, 5.41) is 2.75. The van der Waals surface area contributed by atoms with Crippen LogP contribution in [0.2, 0.25) is 0 Å². The van der Waals surface area contributed by atoms with E-state index in [2.05, 4.69) is 5.32 Å². The maximum absolute atomic E-state index is 13.2. The van der Waals surface area contributed by atoms with Crippen molar-refractivity contribution in [2.24, 2.45) is 5.92 Å².